The van der Waals surface area contributed by atoms with Crippen molar-refractivity contribution in [2.45, 2.75) is 12.5 Å². The summed E-state index contributed by atoms with van der Waals surface area (Å²) in [7, 11) is 0. The third-order valence-electron chi connectivity index (χ3n) is 3.88. The Kier molecular flexibility index (Phi) is 2.96. The highest BCUT2D eigenvalue weighted by Gasteiger charge is 2.21. The van der Waals surface area contributed by atoms with E-state index >= 15 is 0 Å². The van der Waals surface area contributed by atoms with Gasteiger partial charge in [-0.15, -0.1) is 0 Å². The summed E-state index contributed by atoms with van der Waals surface area (Å²) in [6, 6.07) is 20.8. The fourth-order valence-corrected chi connectivity index (χ4v) is 2.82. The SMILES string of the molecule is c1ccc2c(c1)OCCC2Nc1ccc2ccccc2n1. The van der Waals surface area contributed by atoms with Crippen molar-refractivity contribution in [3.63, 3.8) is 0 Å². The molecule has 0 aliphatic carbocycles. The molecular formula is C18H16N2O. The summed E-state index contributed by atoms with van der Waals surface area (Å²) in [6.07, 6.45) is 0.950. The first-order chi connectivity index (χ1) is 10.4. The maximum absolute atomic E-state index is 5.70. The van der Waals surface area contributed by atoms with Crippen molar-refractivity contribution < 1.29 is 4.74 Å². The summed E-state index contributed by atoms with van der Waals surface area (Å²) in [5.41, 5.74) is 2.22. The standard InChI is InChI=1S/C18H16N2O/c1-3-7-15-13(5-1)9-10-18(19-15)20-16-11-12-21-17-8-4-2-6-14(16)17/h1-10,16H,11-12H2,(H,19,20). The number of hydrogen-bond acceptors (Lipinski definition) is 3. The summed E-state index contributed by atoms with van der Waals surface area (Å²) in [4.78, 5) is 4.69. The highest BCUT2D eigenvalue weighted by atomic mass is 16.5. The van der Waals surface area contributed by atoms with Crippen molar-refractivity contribution >= 4 is 16.7 Å². The van der Waals surface area contributed by atoms with Crippen LogP contribution in [-0.2, 0) is 0 Å². The number of fused-ring (bicyclic) bond motifs is 2. The van der Waals surface area contributed by atoms with Gasteiger partial charge in [-0.3, -0.25) is 0 Å². The molecule has 3 aromatic rings. The number of nitrogens with zero attached hydrogens (tertiary/aromatic N) is 1. The predicted molar refractivity (Wildman–Crippen MR) is 84.7 cm³/mol. The van der Waals surface area contributed by atoms with Gasteiger partial charge in [-0.1, -0.05) is 36.4 Å². The van der Waals surface area contributed by atoms with Crippen molar-refractivity contribution in [3.05, 3.63) is 66.2 Å². The van der Waals surface area contributed by atoms with E-state index in [1.807, 2.05) is 36.4 Å². The molecule has 0 saturated heterocycles. The van der Waals surface area contributed by atoms with Gasteiger partial charge in [0, 0.05) is 17.4 Å². The van der Waals surface area contributed by atoms with Crippen molar-refractivity contribution in [3.8, 4) is 5.75 Å². The summed E-state index contributed by atoms with van der Waals surface area (Å²) in [5.74, 6) is 1.89. The largest absolute Gasteiger partial charge is 0.493 e. The Balaban J connectivity index is 1.66. The number of hydrogen-bond donors (Lipinski definition) is 1. The predicted octanol–water partition coefficient (Wildman–Crippen LogP) is 4.17. The fraction of sp³-hybridized carbons (Fsp3) is 0.167. The van der Waals surface area contributed by atoms with Crippen molar-refractivity contribution in [1.82, 2.24) is 4.98 Å². The quantitative estimate of drug-likeness (QED) is 0.762. The second kappa shape index (κ2) is 5.09. The van der Waals surface area contributed by atoms with E-state index in [0.29, 0.717) is 0 Å². The molecule has 21 heavy (non-hydrogen) atoms. The van der Waals surface area contributed by atoms with Gasteiger partial charge >= 0.3 is 0 Å². The Morgan fingerprint density at radius 1 is 0.952 bits per heavy atom. The molecule has 0 fully saturated rings. The van der Waals surface area contributed by atoms with Gasteiger partial charge in [-0.05, 0) is 24.3 Å². The zero-order valence-electron chi connectivity index (χ0n) is 11.6. The van der Waals surface area contributed by atoms with E-state index < -0.39 is 0 Å². The first kappa shape index (κ1) is 12.2. The van der Waals surface area contributed by atoms with E-state index in [0.717, 1.165) is 35.5 Å². The number of aromatic nitrogens is 1. The summed E-state index contributed by atoms with van der Waals surface area (Å²) >= 11 is 0. The van der Waals surface area contributed by atoms with Gasteiger partial charge in [-0.25, -0.2) is 4.98 Å². The van der Waals surface area contributed by atoms with Crippen LogP contribution in [0.5, 0.6) is 5.75 Å². The van der Waals surface area contributed by atoms with E-state index in [1.165, 1.54) is 5.56 Å². The van der Waals surface area contributed by atoms with Crippen LogP contribution in [0, 0.1) is 0 Å². The lowest BCUT2D eigenvalue weighted by Crippen LogP contribution is -2.20. The maximum Gasteiger partial charge on any atom is 0.127 e. The second-order valence-electron chi connectivity index (χ2n) is 5.26. The Hall–Kier alpha value is -2.55. The van der Waals surface area contributed by atoms with Crippen LogP contribution < -0.4 is 10.1 Å². The Labute approximate surface area is 123 Å². The average Bonchev–Trinajstić information content (AvgIpc) is 2.55. The van der Waals surface area contributed by atoms with E-state index in [9.17, 15) is 0 Å². The molecule has 1 aliphatic rings. The molecule has 1 aromatic heterocycles. The number of nitrogens with one attached hydrogen (secondary N) is 1. The molecule has 1 N–H and O–H groups in total. The normalized spacial score (nSPS) is 17.0. The molecule has 3 nitrogen and oxygen atoms in total. The molecule has 0 radical (unpaired) electrons. The smallest absolute Gasteiger partial charge is 0.127 e. The van der Waals surface area contributed by atoms with Crippen LogP contribution in [0.3, 0.4) is 0 Å². The fourth-order valence-electron chi connectivity index (χ4n) is 2.82. The lowest BCUT2D eigenvalue weighted by Gasteiger charge is -2.27. The summed E-state index contributed by atoms with van der Waals surface area (Å²) < 4.78 is 5.70. The minimum absolute atomic E-state index is 0.253. The van der Waals surface area contributed by atoms with Crippen LogP contribution in [0.2, 0.25) is 0 Å². The molecule has 104 valence electrons. The minimum Gasteiger partial charge on any atom is -0.493 e. The molecule has 3 heteroatoms. The molecule has 0 spiro atoms. The van der Waals surface area contributed by atoms with Crippen molar-refractivity contribution in [2.75, 3.05) is 11.9 Å². The molecule has 0 saturated carbocycles. The van der Waals surface area contributed by atoms with Gasteiger partial charge in [0.2, 0.25) is 0 Å². The number of para-hydroxylation sites is 2. The van der Waals surface area contributed by atoms with Crippen LogP contribution in [0.15, 0.2) is 60.7 Å². The van der Waals surface area contributed by atoms with Gasteiger partial charge in [0.05, 0.1) is 18.2 Å². The van der Waals surface area contributed by atoms with Gasteiger partial charge < -0.3 is 10.1 Å². The summed E-state index contributed by atoms with van der Waals surface area (Å²) in [6.45, 7) is 0.738. The Morgan fingerprint density at radius 2 is 1.81 bits per heavy atom. The first-order valence-corrected chi connectivity index (χ1v) is 7.24. The van der Waals surface area contributed by atoms with Crippen LogP contribution >= 0.6 is 0 Å². The van der Waals surface area contributed by atoms with Gasteiger partial charge in [0.15, 0.2) is 0 Å². The zero-order chi connectivity index (χ0) is 14.1. The number of anilines is 1. The van der Waals surface area contributed by atoms with Crippen molar-refractivity contribution in [2.24, 2.45) is 0 Å². The molecule has 1 unspecified atom stereocenters. The lowest BCUT2D eigenvalue weighted by molar-refractivity contribution is 0.274. The molecule has 1 atom stereocenters. The molecular weight excluding hydrogens is 260 g/mol. The highest BCUT2D eigenvalue weighted by molar-refractivity contribution is 5.80. The zero-order valence-corrected chi connectivity index (χ0v) is 11.6. The molecule has 0 amide bonds. The lowest BCUT2D eigenvalue weighted by atomic mass is 10.0. The number of pyridine rings is 1. The van der Waals surface area contributed by atoms with Crippen LogP contribution in [0.1, 0.15) is 18.0 Å². The first-order valence-electron chi connectivity index (χ1n) is 7.24. The third-order valence-corrected chi connectivity index (χ3v) is 3.88. The molecule has 1 aliphatic heterocycles. The molecule has 2 aromatic carbocycles. The third kappa shape index (κ3) is 2.31. The molecule has 0 bridgehead atoms. The van der Waals surface area contributed by atoms with Crippen LogP contribution in [-0.4, -0.2) is 11.6 Å². The monoisotopic (exact) mass is 276 g/mol. The van der Waals surface area contributed by atoms with E-state index in [-0.39, 0.29) is 6.04 Å². The maximum atomic E-state index is 5.70. The number of ether oxygens (including phenoxy) is 1. The van der Waals surface area contributed by atoms with E-state index in [4.69, 9.17) is 9.72 Å². The van der Waals surface area contributed by atoms with Crippen molar-refractivity contribution in [1.29, 1.82) is 0 Å². The minimum atomic E-state index is 0.253. The van der Waals surface area contributed by atoms with Gasteiger partial charge in [-0.2, -0.15) is 0 Å². The Bertz CT molecular complexity index is 785. The summed E-state index contributed by atoms with van der Waals surface area (Å²) in [5, 5.41) is 4.70. The van der Waals surface area contributed by atoms with E-state index in [2.05, 4.69) is 29.6 Å². The second-order valence-corrected chi connectivity index (χ2v) is 5.26. The van der Waals surface area contributed by atoms with E-state index in [1.54, 1.807) is 0 Å². The average molecular weight is 276 g/mol. The topological polar surface area (TPSA) is 34.1 Å². The molecule has 2 heterocycles. The van der Waals surface area contributed by atoms with Gasteiger partial charge in [0.25, 0.3) is 0 Å². The number of rotatable bonds is 2. The highest BCUT2D eigenvalue weighted by Crippen LogP contribution is 2.33. The Morgan fingerprint density at radius 3 is 2.81 bits per heavy atom. The molecule has 4 rings (SSSR count). The van der Waals surface area contributed by atoms with Crippen LogP contribution in [0.25, 0.3) is 10.9 Å². The van der Waals surface area contributed by atoms with Crippen LogP contribution in [0.4, 0.5) is 5.82 Å². The number of benzene rings is 2. The van der Waals surface area contributed by atoms with Gasteiger partial charge in [0.1, 0.15) is 11.6 Å².